The molecular weight excluding hydrogens is 953 g/mol. The van der Waals surface area contributed by atoms with Crippen molar-refractivity contribution in [3.05, 3.63) is 109 Å². The summed E-state index contributed by atoms with van der Waals surface area (Å²) in [6.07, 6.45) is 10.3. The van der Waals surface area contributed by atoms with Crippen LogP contribution in [0.15, 0.2) is 97.6 Å². The van der Waals surface area contributed by atoms with E-state index in [2.05, 4.69) is 179 Å². The lowest BCUT2D eigenvalue weighted by Gasteiger charge is -2.36. The molecule has 16 heteroatoms. The Morgan fingerprint density at radius 1 is 0.592 bits per heavy atom. The van der Waals surface area contributed by atoms with Gasteiger partial charge in [-0.05, 0) is 116 Å². The number of aromatic nitrogens is 4. The molecule has 406 valence electrons. The third kappa shape index (κ3) is 10.9. The van der Waals surface area contributed by atoms with E-state index in [1.807, 2.05) is 34.4 Å². The Bertz CT molecular complexity index is 2950. The number of likely N-dealkylation sites (tertiary alicyclic amines) is 2. The molecule has 0 bridgehead atoms. The van der Waals surface area contributed by atoms with Crippen LogP contribution >= 0.6 is 0 Å². The molecule has 0 saturated carbocycles. The van der Waals surface area contributed by atoms with Gasteiger partial charge < -0.3 is 39.7 Å². The molecule has 4 saturated heterocycles. The maximum atomic E-state index is 14.0. The van der Waals surface area contributed by atoms with Crippen molar-refractivity contribution in [2.45, 2.75) is 117 Å². The summed E-state index contributed by atoms with van der Waals surface area (Å²) in [6, 6.07) is 27.6. The first-order valence-corrected chi connectivity index (χ1v) is 28.3. The number of fused-ring (bicyclic) bond motifs is 2. The highest BCUT2D eigenvalue weighted by Gasteiger charge is 2.42. The molecule has 6 aromatic rings. The number of carbonyl (C=O) groups is 2. The van der Waals surface area contributed by atoms with E-state index in [-0.39, 0.29) is 35.3 Å². The van der Waals surface area contributed by atoms with E-state index in [1.165, 1.54) is 11.1 Å². The van der Waals surface area contributed by atoms with Crippen LogP contribution in [0.1, 0.15) is 86.3 Å². The zero-order chi connectivity index (χ0) is 53.3. The van der Waals surface area contributed by atoms with Gasteiger partial charge in [0.2, 0.25) is 0 Å². The van der Waals surface area contributed by atoms with Crippen molar-refractivity contribution in [3.8, 4) is 22.3 Å². The first-order chi connectivity index (χ1) is 36.7. The summed E-state index contributed by atoms with van der Waals surface area (Å²) in [4.78, 5) is 40.6. The van der Waals surface area contributed by atoms with E-state index in [1.54, 1.807) is 0 Å². The Morgan fingerprint density at radius 2 is 1.08 bits per heavy atom. The Balaban J connectivity index is 0.815. The van der Waals surface area contributed by atoms with Crippen molar-refractivity contribution in [1.82, 2.24) is 44.4 Å². The molecule has 4 fully saturated rings. The smallest absolute Gasteiger partial charge is 0.317 e. The minimum absolute atomic E-state index is 0.00859. The van der Waals surface area contributed by atoms with Gasteiger partial charge in [0.05, 0.1) is 29.1 Å². The molecule has 10 rings (SSSR count). The van der Waals surface area contributed by atoms with Gasteiger partial charge in [-0.3, -0.25) is 9.80 Å². The molecule has 4 aliphatic rings. The van der Waals surface area contributed by atoms with Gasteiger partial charge in [-0.15, -0.1) is 9.20 Å². The molecule has 0 spiro atoms. The van der Waals surface area contributed by atoms with Crippen LogP contribution in [-0.4, -0.2) is 162 Å². The first kappa shape index (κ1) is 53.2. The molecule has 0 aliphatic carbocycles. The summed E-state index contributed by atoms with van der Waals surface area (Å²) >= 11 is 0. The van der Waals surface area contributed by atoms with Crippen LogP contribution in [0.25, 0.3) is 33.3 Å². The number of nitrogens with one attached hydrogen (secondary N) is 2. The number of nitrogens with zero attached hydrogens (tertiary/aromatic N) is 10. The van der Waals surface area contributed by atoms with Crippen LogP contribution in [0.3, 0.4) is 0 Å². The van der Waals surface area contributed by atoms with E-state index in [0.29, 0.717) is 71.1 Å². The second kappa shape index (κ2) is 22.4. The lowest BCUT2D eigenvalue weighted by molar-refractivity contribution is -0.764. The summed E-state index contributed by atoms with van der Waals surface area (Å²) in [6.45, 7) is 30.5. The summed E-state index contributed by atoms with van der Waals surface area (Å²) in [5, 5.41) is 11.1. The van der Waals surface area contributed by atoms with Crippen LogP contribution in [-0.2, 0) is 27.2 Å². The lowest BCUT2D eigenvalue weighted by atomic mass is 9.91. The van der Waals surface area contributed by atoms with Gasteiger partial charge in [0.15, 0.2) is 12.7 Å². The van der Waals surface area contributed by atoms with Crippen LogP contribution in [0.5, 0.6) is 0 Å². The average molecular weight is 1040 g/mol. The topological polar surface area (TPSA) is 122 Å². The number of benzene rings is 2. The predicted molar refractivity (Wildman–Crippen MR) is 302 cm³/mol. The Kier molecular flexibility index (Phi) is 15.7. The minimum atomic E-state index is -0.309. The average Bonchev–Trinajstić information content (AvgIpc) is 4.26. The fraction of sp³-hybridized carbons (Fsp3) is 0.533. The zero-order valence-corrected chi connectivity index (χ0v) is 46.7. The number of piperazine rings is 2. The van der Waals surface area contributed by atoms with Crippen molar-refractivity contribution < 1.29 is 23.7 Å². The zero-order valence-electron chi connectivity index (χ0n) is 46.7. The molecule has 0 radical (unpaired) electrons. The summed E-state index contributed by atoms with van der Waals surface area (Å²) in [7, 11) is 0. The van der Waals surface area contributed by atoms with Crippen molar-refractivity contribution in [2.24, 2.45) is 0 Å². The lowest BCUT2D eigenvalue weighted by Crippen LogP contribution is -2.56. The van der Waals surface area contributed by atoms with Crippen molar-refractivity contribution in [2.75, 3.05) is 102 Å². The number of hydrogen-bond donors (Lipinski definition) is 2. The van der Waals surface area contributed by atoms with Gasteiger partial charge in [0.25, 0.3) is 0 Å². The van der Waals surface area contributed by atoms with Crippen LogP contribution in [0, 0.1) is 0 Å². The molecule has 8 heterocycles. The largest absolute Gasteiger partial charge is 0.369 e. The van der Waals surface area contributed by atoms with Gasteiger partial charge in [-0.1, -0.05) is 48.5 Å². The van der Waals surface area contributed by atoms with Crippen molar-refractivity contribution >= 4 is 34.5 Å². The molecule has 4 aliphatic heterocycles. The minimum Gasteiger partial charge on any atom is -0.369 e. The Hall–Kier alpha value is -6.20. The maximum Gasteiger partial charge on any atom is 0.317 e. The van der Waals surface area contributed by atoms with Crippen LogP contribution in [0.4, 0.5) is 21.0 Å². The van der Waals surface area contributed by atoms with Crippen molar-refractivity contribution in [3.63, 3.8) is 0 Å². The molecule has 2 aromatic carbocycles. The van der Waals surface area contributed by atoms with Crippen molar-refractivity contribution in [1.29, 1.82) is 0 Å². The Labute approximate surface area is 450 Å². The molecule has 2 N–H and O–H groups in total. The fourth-order valence-electron chi connectivity index (χ4n) is 12.3. The van der Waals surface area contributed by atoms with Gasteiger partial charge >= 0.3 is 12.1 Å². The maximum absolute atomic E-state index is 14.0. The third-order valence-corrected chi connectivity index (χ3v) is 16.6. The molecule has 4 amide bonds. The molecule has 16 nitrogen and oxygen atoms in total. The first-order valence-electron chi connectivity index (χ1n) is 28.3. The molecule has 1 unspecified atom stereocenters. The number of rotatable bonds is 16. The normalized spacial score (nSPS) is 21.3. The summed E-state index contributed by atoms with van der Waals surface area (Å²) < 4.78 is 19.5. The standard InChI is InChI=1S/C60H82N12O4/c1-10-75-59(22-26-68(41-59)44(5)6)51-16-12-47(13-17-51)49-36-55-53(20-24-61-71(55)39-49)64-28-34-67(35-29-64)58(74)63-46(9)38-70-25-21-54(65-30-32-66(33-31-65)57(73)62-43(3)4)56-37-50(40-72(56)70)48-14-18-52(19-15-48)60(76-11-2)23-27-69(42-60)45(7)8/h12-21,24-25,36-37,39-40,43-46H,10-11,22-23,26-35,38,41-42H2,1-9H3,(H-,62,63,73,74)/p+1/t46?,59-,60+/m0/s1. The number of urea groups is 2. The van der Waals surface area contributed by atoms with E-state index >= 15 is 0 Å². The Morgan fingerprint density at radius 3 is 1.57 bits per heavy atom. The second-order valence-electron chi connectivity index (χ2n) is 22.6. The number of anilines is 2. The van der Waals surface area contributed by atoms with E-state index in [4.69, 9.17) is 14.6 Å². The van der Waals surface area contributed by atoms with Gasteiger partial charge in [-0.2, -0.15) is 5.10 Å². The quantitative estimate of drug-likeness (QED) is 0.0929. The SMILES string of the molecule is CCO[C@]1(c2ccc(-c3cc4c(N5CCN(C(=O)NC(C)C)CC5)cc[n+](CC(C)NC(=O)N5CCN(c6ccnn7cc(-c8ccc([C@]9(OCC)CCN(C(C)C)C9)cc8)cc67)CC5)n4c3)cc2)CCN(C(C)C)C1. The van der Waals surface area contributed by atoms with Crippen LogP contribution in [0.2, 0.25) is 0 Å². The van der Waals surface area contributed by atoms with Crippen LogP contribution < -0.4 is 25.1 Å². The summed E-state index contributed by atoms with van der Waals surface area (Å²) in [5.41, 5.74) is 10.8. The highest BCUT2D eigenvalue weighted by atomic mass is 16.5. The highest BCUT2D eigenvalue weighted by molar-refractivity contribution is 5.82. The third-order valence-electron chi connectivity index (χ3n) is 16.6. The number of hydrogen-bond acceptors (Lipinski definition) is 9. The fourth-order valence-corrected chi connectivity index (χ4v) is 12.3. The van der Waals surface area contributed by atoms with E-state index in [0.717, 1.165) is 96.8 Å². The van der Waals surface area contributed by atoms with E-state index < -0.39 is 0 Å². The number of ether oxygens (including phenoxy) is 2. The summed E-state index contributed by atoms with van der Waals surface area (Å²) in [5.74, 6) is 0. The number of amides is 4. The number of carbonyl (C=O) groups excluding carboxylic acids is 2. The molecule has 3 atom stereocenters. The van der Waals surface area contributed by atoms with Gasteiger partial charge in [0, 0.05) is 139 Å². The molecule has 4 aromatic heterocycles. The highest BCUT2D eigenvalue weighted by Crippen LogP contribution is 2.40. The predicted octanol–water partition coefficient (Wildman–Crippen LogP) is 8.06. The molecular formula is C60H83N12O4+. The molecule has 76 heavy (non-hydrogen) atoms. The van der Waals surface area contributed by atoms with Gasteiger partial charge in [0.1, 0.15) is 16.7 Å². The van der Waals surface area contributed by atoms with Gasteiger partial charge in [-0.25, -0.2) is 14.1 Å². The van der Waals surface area contributed by atoms with E-state index in [9.17, 15) is 9.59 Å². The second-order valence-corrected chi connectivity index (χ2v) is 22.6. The monoisotopic (exact) mass is 1040 g/mol.